The van der Waals surface area contributed by atoms with E-state index in [0.717, 1.165) is 18.4 Å². The summed E-state index contributed by atoms with van der Waals surface area (Å²) in [6.07, 6.45) is 4.45. The summed E-state index contributed by atoms with van der Waals surface area (Å²) < 4.78 is 5.63. The number of nitrogens with zero attached hydrogens (tertiary/aromatic N) is 4. The molecule has 1 unspecified atom stereocenters. The van der Waals surface area contributed by atoms with Crippen molar-refractivity contribution in [1.29, 1.82) is 0 Å². The van der Waals surface area contributed by atoms with Crippen LogP contribution in [-0.4, -0.2) is 75.6 Å². The Labute approximate surface area is 181 Å². The van der Waals surface area contributed by atoms with E-state index in [1.165, 1.54) is 6.33 Å². The standard InChI is InChI=1S/C23H28N4O4/c1-17-2-4-19(5-3-17)31-14-21(29)26-10-7-23(8-11-26)12-18(28)13-27(15-23)22(30)20-6-9-24-16-25-20/h2-6,9,16,18,28H,7-8,10-15H2,1H3. The third-order valence-electron chi connectivity index (χ3n) is 6.27. The monoisotopic (exact) mass is 424 g/mol. The van der Waals surface area contributed by atoms with E-state index in [4.69, 9.17) is 4.74 Å². The lowest BCUT2D eigenvalue weighted by molar-refractivity contribution is -0.137. The summed E-state index contributed by atoms with van der Waals surface area (Å²) in [4.78, 5) is 36.8. The van der Waals surface area contributed by atoms with Crippen LogP contribution in [0.25, 0.3) is 0 Å². The highest BCUT2D eigenvalue weighted by Crippen LogP contribution is 2.40. The van der Waals surface area contributed by atoms with E-state index in [0.29, 0.717) is 44.0 Å². The summed E-state index contributed by atoms with van der Waals surface area (Å²) in [7, 11) is 0. The van der Waals surface area contributed by atoms with Crippen LogP contribution in [0.3, 0.4) is 0 Å². The number of piperidine rings is 2. The highest BCUT2D eigenvalue weighted by atomic mass is 16.5. The average molecular weight is 425 g/mol. The van der Waals surface area contributed by atoms with E-state index in [9.17, 15) is 14.7 Å². The second-order valence-electron chi connectivity index (χ2n) is 8.62. The Morgan fingerprint density at radius 1 is 1.16 bits per heavy atom. The summed E-state index contributed by atoms with van der Waals surface area (Å²) >= 11 is 0. The van der Waals surface area contributed by atoms with Crippen LogP contribution in [-0.2, 0) is 4.79 Å². The van der Waals surface area contributed by atoms with Gasteiger partial charge in [0.1, 0.15) is 17.8 Å². The quantitative estimate of drug-likeness (QED) is 0.802. The van der Waals surface area contributed by atoms with Gasteiger partial charge >= 0.3 is 0 Å². The summed E-state index contributed by atoms with van der Waals surface area (Å²) in [5.41, 5.74) is 1.29. The number of amides is 2. The fourth-order valence-corrected chi connectivity index (χ4v) is 4.55. The van der Waals surface area contributed by atoms with Gasteiger partial charge in [0.05, 0.1) is 6.10 Å². The van der Waals surface area contributed by atoms with E-state index < -0.39 is 6.10 Å². The van der Waals surface area contributed by atoms with Gasteiger partial charge in [0, 0.05) is 32.4 Å². The number of rotatable bonds is 4. The topological polar surface area (TPSA) is 95.9 Å². The zero-order valence-corrected chi connectivity index (χ0v) is 17.7. The number of aliphatic hydroxyl groups excluding tert-OH is 1. The summed E-state index contributed by atoms with van der Waals surface area (Å²) in [6.45, 7) is 4.07. The van der Waals surface area contributed by atoms with Crippen LogP contribution in [0.5, 0.6) is 5.75 Å². The maximum absolute atomic E-state index is 12.8. The second kappa shape index (κ2) is 9.01. The Morgan fingerprint density at radius 2 is 1.90 bits per heavy atom. The highest BCUT2D eigenvalue weighted by molar-refractivity contribution is 5.92. The largest absolute Gasteiger partial charge is 0.484 e. The number of ether oxygens (including phenoxy) is 1. The minimum absolute atomic E-state index is 0.0109. The molecule has 8 heteroatoms. The van der Waals surface area contributed by atoms with Crippen molar-refractivity contribution in [2.24, 2.45) is 5.41 Å². The first-order valence-electron chi connectivity index (χ1n) is 10.6. The molecule has 2 aliphatic rings. The molecule has 2 amide bonds. The molecule has 164 valence electrons. The van der Waals surface area contributed by atoms with Crippen LogP contribution in [0.15, 0.2) is 42.9 Å². The van der Waals surface area contributed by atoms with Crippen molar-refractivity contribution < 1.29 is 19.4 Å². The van der Waals surface area contributed by atoms with E-state index in [-0.39, 0.29) is 23.8 Å². The Morgan fingerprint density at radius 3 is 2.58 bits per heavy atom. The van der Waals surface area contributed by atoms with Crippen molar-refractivity contribution in [3.8, 4) is 5.75 Å². The molecule has 2 fully saturated rings. The van der Waals surface area contributed by atoms with Crippen LogP contribution in [0.2, 0.25) is 0 Å². The predicted molar refractivity (Wildman–Crippen MR) is 113 cm³/mol. The molecule has 1 spiro atoms. The van der Waals surface area contributed by atoms with Crippen molar-refractivity contribution in [3.05, 3.63) is 54.1 Å². The number of likely N-dealkylation sites (tertiary alicyclic amines) is 2. The Kier molecular flexibility index (Phi) is 6.18. The van der Waals surface area contributed by atoms with E-state index in [1.807, 2.05) is 36.1 Å². The van der Waals surface area contributed by atoms with Gasteiger partial charge in [-0.05, 0) is 49.8 Å². The molecule has 0 aliphatic carbocycles. The molecular formula is C23H28N4O4. The van der Waals surface area contributed by atoms with Gasteiger partial charge in [0.15, 0.2) is 6.61 Å². The molecular weight excluding hydrogens is 396 g/mol. The average Bonchev–Trinajstić information content (AvgIpc) is 2.78. The summed E-state index contributed by atoms with van der Waals surface area (Å²) in [5.74, 6) is 0.452. The number of carbonyl (C=O) groups excluding carboxylic acids is 2. The van der Waals surface area contributed by atoms with Gasteiger partial charge in [-0.25, -0.2) is 9.97 Å². The number of hydrogen-bond acceptors (Lipinski definition) is 6. The molecule has 2 aromatic rings. The molecule has 0 bridgehead atoms. The normalized spacial score (nSPS) is 20.5. The van der Waals surface area contributed by atoms with Crippen molar-refractivity contribution in [1.82, 2.24) is 19.8 Å². The molecule has 3 heterocycles. The summed E-state index contributed by atoms with van der Waals surface area (Å²) in [6, 6.07) is 9.22. The number of β-amino-alcohol motifs (C(OH)–C–C–N with tert-alkyl or cyclic N) is 1. The van der Waals surface area contributed by atoms with Gasteiger partial charge in [-0.2, -0.15) is 0 Å². The van der Waals surface area contributed by atoms with Crippen molar-refractivity contribution in [2.45, 2.75) is 32.3 Å². The molecule has 0 saturated carbocycles. The fourth-order valence-electron chi connectivity index (χ4n) is 4.55. The SMILES string of the molecule is Cc1ccc(OCC(=O)N2CCC3(CC2)CC(O)CN(C(=O)c2ccncn2)C3)cc1. The molecule has 2 aliphatic heterocycles. The first-order valence-corrected chi connectivity index (χ1v) is 10.6. The number of aromatic nitrogens is 2. The zero-order chi connectivity index (χ0) is 21.8. The highest BCUT2D eigenvalue weighted by Gasteiger charge is 2.43. The van der Waals surface area contributed by atoms with Gasteiger partial charge in [0.25, 0.3) is 11.8 Å². The lowest BCUT2D eigenvalue weighted by atomic mass is 9.71. The maximum atomic E-state index is 12.8. The van der Waals surface area contributed by atoms with Gasteiger partial charge in [0.2, 0.25) is 0 Å². The minimum atomic E-state index is -0.577. The molecule has 0 radical (unpaired) electrons. The lowest BCUT2D eigenvalue weighted by Crippen LogP contribution is -2.56. The van der Waals surface area contributed by atoms with Crippen molar-refractivity contribution in [2.75, 3.05) is 32.8 Å². The molecule has 1 N–H and O–H groups in total. The minimum Gasteiger partial charge on any atom is -0.484 e. The van der Waals surface area contributed by atoms with Gasteiger partial charge < -0.3 is 19.6 Å². The van der Waals surface area contributed by atoms with E-state index in [1.54, 1.807) is 17.2 Å². The van der Waals surface area contributed by atoms with Crippen molar-refractivity contribution in [3.63, 3.8) is 0 Å². The Bertz CT molecular complexity index is 911. The number of hydrogen-bond donors (Lipinski definition) is 1. The molecule has 2 saturated heterocycles. The molecule has 1 atom stereocenters. The third-order valence-corrected chi connectivity index (χ3v) is 6.27. The molecule has 1 aromatic carbocycles. The molecule has 31 heavy (non-hydrogen) atoms. The van der Waals surface area contributed by atoms with Gasteiger partial charge in [-0.1, -0.05) is 17.7 Å². The first kappa shape index (κ1) is 21.2. The molecule has 4 rings (SSSR count). The smallest absolute Gasteiger partial charge is 0.272 e. The Hall–Kier alpha value is -3.00. The van der Waals surface area contributed by atoms with Crippen LogP contribution >= 0.6 is 0 Å². The summed E-state index contributed by atoms with van der Waals surface area (Å²) in [5, 5.41) is 10.5. The van der Waals surface area contributed by atoms with Crippen molar-refractivity contribution >= 4 is 11.8 Å². The van der Waals surface area contributed by atoms with E-state index in [2.05, 4.69) is 9.97 Å². The third kappa shape index (κ3) is 5.02. The van der Waals surface area contributed by atoms with Gasteiger partial charge in [-0.3, -0.25) is 9.59 Å². The van der Waals surface area contributed by atoms with Crippen LogP contribution in [0.1, 0.15) is 35.3 Å². The second-order valence-corrected chi connectivity index (χ2v) is 8.62. The predicted octanol–water partition coefficient (Wildman–Crippen LogP) is 1.68. The number of aryl methyl sites for hydroxylation is 1. The Balaban J connectivity index is 1.33. The number of benzene rings is 1. The number of carbonyl (C=O) groups is 2. The van der Waals surface area contributed by atoms with Crippen LogP contribution in [0.4, 0.5) is 0 Å². The van der Waals surface area contributed by atoms with Crippen LogP contribution < -0.4 is 4.74 Å². The van der Waals surface area contributed by atoms with Gasteiger partial charge in [-0.15, -0.1) is 0 Å². The molecule has 1 aromatic heterocycles. The first-order chi connectivity index (χ1) is 14.9. The maximum Gasteiger partial charge on any atom is 0.272 e. The lowest BCUT2D eigenvalue weighted by Gasteiger charge is -2.49. The van der Waals surface area contributed by atoms with E-state index >= 15 is 0 Å². The molecule has 8 nitrogen and oxygen atoms in total. The van der Waals surface area contributed by atoms with Crippen LogP contribution in [0, 0.1) is 12.3 Å². The fraction of sp³-hybridized carbons (Fsp3) is 0.478. The number of aliphatic hydroxyl groups is 1. The zero-order valence-electron chi connectivity index (χ0n) is 17.7.